The van der Waals surface area contributed by atoms with E-state index in [1.54, 1.807) is 24.3 Å². The molecule has 1 amide bonds. The highest BCUT2D eigenvalue weighted by atomic mass is 35.5. The fraction of sp³-hybridized carbons (Fsp3) is 0. The minimum absolute atomic E-state index is 0.0104. The van der Waals surface area contributed by atoms with Crippen LogP contribution in [0, 0.1) is 11.3 Å². The van der Waals surface area contributed by atoms with Crippen molar-refractivity contribution in [2.45, 2.75) is 4.90 Å². The molecule has 0 bridgehead atoms. The fourth-order valence-corrected chi connectivity index (χ4v) is 4.88. The predicted molar refractivity (Wildman–Crippen MR) is 122 cm³/mol. The van der Waals surface area contributed by atoms with Gasteiger partial charge < -0.3 is 10.4 Å². The molecule has 2 N–H and O–H groups in total. The van der Waals surface area contributed by atoms with Crippen LogP contribution >= 0.6 is 11.6 Å². The van der Waals surface area contributed by atoms with E-state index in [0.717, 1.165) is 10.0 Å². The third-order valence-electron chi connectivity index (χ3n) is 4.90. The number of hydrogen-bond donors (Lipinski definition) is 2. The number of hydrogen-bond acceptors (Lipinski definition) is 5. The summed E-state index contributed by atoms with van der Waals surface area (Å²) < 4.78 is 27.6. The third kappa shape index (κ3) is 4.17. The van der Waals surface area contributed by atoms with Crippen molar-refractivity contribution in [3.63, 3.8) is 0 Å². The first kappa shape index (κ1) is 22.1. The lowest BCUT2D eigenvalue weighted by atomic mass is 10.1. The van der Waals surface area contributed by atoms with Crippen molar-refractivity contribution in [1.29, 1.82) is 5.26 Å². The zero-order valence-corrected chi connectivity index (χ0v) is 18.3. The Morgan fingerprint density at radius 2 is 1.82 bits per heavy atom. The van der Waals surface area contributed by atoms with Crippen molar-refractivity contribution in [2.75, 3.05) is 5.32 Å². The maximum absolute atomic E-state index is 13.2. The summed E-state index contributed by atoms with van der Waals surface area (Å²) in [6.07, 6.45) is 1.40. The van der Waals surface area contributed by atoms with Gasteiger partial charge in [-0.25, -0.2) is 17.2 Å². The van der Waals surface area contributed by atoms with E-state index in [9.17, 15) is 23.1 Å². The van der Waals surface area contributed by atoms with Crippen molar-refractivity contribution in [3.8, 4) is 6.07 Å². The van der Waals surface area contributed by atoms with E-state index in [2.05, 4.69) is 5.32 Å². The van der Waals surface area contributed by atoms with Gasteiger partial charge >= 0.3 is 5.97 Å². The van der Waals surface area contributed by atoms with Crippen molar-refractivity contribution in [1.82, 2.24) is 3.97 Å². The molecule has 8 nitrogen and oxygen atoms in total. The Kier molecular flexibility index (Phi) is 5.64. The number of anilines is 1. The Bertz CT molecular complexity index is 1590. The van der Waals surface area contributed by atoms with E-state index in [1.807, 2.05) is 6.07 Å². The summed E-state index contributed by atoms with van der Waals surface area (Å²) in [4.78, 5) is 24.2. The summed E-state index contributed by atoms with van der Waals surface area (Å²) in [5.41, 5.74) is 0.282. The summed E-state index contributed by atoms with van der Waals surface area (Å²) in [5, 5.41) is 21.9. The van der Waals surface area contributed by atoms with Crippen molar-refractivity contribution < 1.29 is 23.1 Å². The van der Waals surface area contributed by atoms with E-state index in [4.69, 9.17) is 16.9 Å². The summed E-state index contributed by atoms with van der Waals surface area (Å²) in [6.45, 7) is 0. The van der Waals surface area contributed by atoms with Crippen LogP contribution in [0.4, 0.5) is 5.69 Å². The molecule has 0 unspecified atom stereocenters. The second kappa shape index (κ2) is 8.43. The number of carboxylic acids is 1. The molecule has 0 aliphatic rings. The van der Waals surface area contributed by atoms with Gasteiger partial charge in [-0.1, -0.05) is 17.7 Å². The molecule has 0 aliphatic carbocycles. The Hall–Kier alpha value is -4.13. The number of nitrogens with one attached hydrogen (secondary N) is 1. The molecular formula is C23H14ClN3O5S. The molecule has 33 heavy (non-hydrogen) atoms. The average Bonchev–Trinajstić information content (AvgIpc) is 3.23. The number of nitriles is 1. The van der Waals surface area contributed by atoms with Crippen LogP contribution in [0.25, 0.3) is 10.9 Å². The monoisotopic (exact) mass is 479 g/mol. The second-order valence-electron chi connectivity index (χ2n) is 6.98. The van der Waals surface area contributed by atoms with Gasteiger partial charge in [-0.15, -0.1) is 0 Å². The SMILES string of the molecule is N#Cc1ccc(NC(=O)c2cccc(S(=O)(=O)n3ccc4cc(Cl)ccc43)c2)c(C(=O)O)c1. The van der Waals surface area contributed by atoms with Crippen molar-refractivity contribution in [2.24, 2.45) is 0 Å². The van der Waals surface area contributed by atoms with Gasteiger partial charge in [0.1, 0.15) is 0 Å². The van der Waals surface area contributed by atoms with Crippen LogP contribution in [0.2, 0.25) is 5.02 Å². The van der Waals surface area contributed by atoms with E-state index in [0.29, 0.717) is 15.9 Å². The number of carboxylic acid groups (broad SMARTS) is 1. The van der Waals surface area contributed by atoms with Crippen molar-refractivity contribution in [3.05, 3.63) is 94.6 Å². The number of rotatable bonds is 5. The van der Waals surface area contributed by atoms with E-state index >= 15 is 0 Å². The lowest BCUT2D eigenvalue weighted by molar-refractivity contribution is 0.0698. The molecule has 3 aromatic carbocycles. The van der Waals surface area contributed by atoms with Crippen LogP contribution < -0.4 is 5.32 Å². The van der Waals surface area contributed by atoms with Gasteiger partial charge in [0.05, 0.1) is 33.3 Å². The maximum atomic E-state index is 13.2. The Labute approximate surface area is 193 Å². The number of aromatic nitrogens is 1. The number of fused-ring (bicyclic) bond motifs is 1. The Balaban J connectivity index is 1.69. The lowest BCUT2D eigenvalue weighted by Crippen LogP contribution is -2.17. The number of amides is 1. The molecule has 1 aromatic heterocycles. The smallest absolute Gasteiger partial charge is 0.337 e. The highest BCUT2D eigenvalue weighted by Gasteiger charge is 2.21. The molecular weight excluding hydrogens is 466 g/mol. The average molecular weight is 480 g/mol. The Morgan fingerprint density at radius 3 is 2.55 bits per heavy atom. The standard InChI is InChI=1S/C23H14ClN3O5S/c24-17-5-7-21-15(11-17)8-9-27(21)33(31,32)18-3-1-2-16(12-18)22(28)26-20-6-4-14(13-25)10-19(20)23(29)30/h1-12H,(H,26,28)(H,29,30). The highest BCUT2D eigenvalue weighted by Crippen LogP contribution is 2.26. The molecule has 4 aromatic rings. The summed E-state index contributed by atoms with van der Waals surface area (Å²) in [6, 6.07) is 17.5. The quantitative estimate of drug-likeness (QED) is 0.437. The zero-order chi connectivity index (χ0) is 23.8. The molecule has 164 valence electrons. The molecule has 0 fully saturated rings. The molecule has 1 heterocycles. The molecule has 4 rings (SSSR count). The van der Waals surface area contributed by atoms with Gasteiger partial charge in [0.25, 0.3) is 15.9 Å². The third-order valence-corrected chi connectivity index (χ3v) is 6.82. The van der Waals surface area contributed by atoms with Gasteiger partial charge in [0.15, 0.2) is 0 Å². The molecule has 0 saturated heterocycles. The fourth-order valence-electron chi connectivity index (χ4n) is 3.30. The first-order valence-electron chi connectivity index (χ1n) is 9.42. The number of benzene rings is 3. The largest absolute Gasteiger partial charge is 0.478 e. The predicted octanol–water partition coefficient (Wildman–Crippen LogP) is 4.35. The topological polar surface area (TPSA) is 129 Å². The van der Waals surface area contributed by atoms with Gasteiger partial charge in [-0.3, -0.25) is 4.79 Å². The van der Waals surface area contributed by atoms with Gasteiger partial charge in [0.2, 0.25) is 0 Å². The van der Waals surface area contributed by atoms with Gasteiger partial charge in [-0.2, -0.15) is 5.26 Å². The normalized spacial score (nSPS) is 11.2. The van der Waals surface area contributed by atoms with Crippen LogP contribution in [0.1, 0.15) is 26.3 Å². The van der Waals surface area contributed by atoms with Crippen molar-refractivity contribution >= 4 is 50.1 Å². The summed E-state index contributed by atoms with van der Waals surface area (Å²) >= 11 is 5.97. The van der Waals surface area contributed by atoms with Gasteiger partial charge in [-0.05, 0) is 60.7 Å². The number of carbonyl (C=O) groups excluding carboxylic acids is 1. The van der Waals surface area contributed by atoms with E-state index < -0.39 is 21.9 Å². The molecule has 0 radical (unpaired) electrons. The van der Waals surface area contributed by atoms with E-state index in [1.165, 1.54) is 42.6 Å². The highest BCUT2D eigenvalue weighted by molar-refractivity contribution is 7.90. The van der Waals surface area contributed by atoms with E-state index in [-0.39, 0.29) is 27.3 Å². The summed E-state index contributed by atoms with van der Waals surface area (Å²) in [7, 11) is -4.03. The van der Waals surface area contributed by atoms with Crippen LogP contribution in [0.5, 0.6) is 0 Å². The minimum Gasteiger partial charge on any atom is -0.478 e. The summed E-state index contributed by atoms with van der Waals surface area (Å²) in [5.74, 6) is -2.03. The number of halogens is 1. The number of nitrogens with zero attached hydrogens (tertiary/aromatic N) is 2. The molecule has 0 atom stereocenters. The minimum atomic E-state index is -4.03. The first-order chi connectivity index (χ1) is 15.7. The zero-order valence-electron chi connectivity index (χ0n) is 16.7. The van der Waals surface area contributed by atoms with Gasteiger partial charge in [0, 0.05) is 22.2 Å². The van der Waals surface area contributed by atoms with Crippen LogP contribution in [0.3, 0.4) is 0 Å². The number of aromatic carboxylic acids is 1. The number of carbonyl (C=O) groups is 2. The Morgan fingerprint density at radius 1 is 1.03 bits per heavy atom. The van der Waals surface area contributed by atoms with Crippen LogP contribution in [-0.2, 0) is 10.0 Å². The molecule has 0 saturated carbocycles. The second-order valence-corrected chi connectivity index (χ2v) is 9.23. The maximum Gasteiger partial charge on any atom is 0.337 e. The molecule has 0 aliphatic heterocycles. The van der Waals surface area contributed by atoms with Crippen LogP contribution in [0.15, 0.2) is 77.8 Å². The lowest BCUT2D eigenvalue weighted by Gasteiger charge is -2.11. The van der Waals surface area contributed by atoms with Crippen LogP contribution in [-0.4, -0.2) is 29.4 Å². The first-order valence-corrected chi connectivity index (χ1v) is 11.2. The molecule has 0 spiro atoms. The molecule has 10 heteroatoms.